The Morgan fingerprint density at radius 1 is 1.08 bits per heavy atom. The Hall–Kier alpha value is -0.0151. The molecule has 2 aliphatic rings. The van der Waals surface area contributed by atoms with Gasteiger partial charge >= 0.3 is 0 Å². The highest BCUT2D eigenvalue weighted by molar-refractivity contribution is 6.04. The standard InChI is InChI=1S/C10H21BN2/c1-12-7-4-10(5-8-12)3-2-6-13(11)9-10/h2-9,11H2,1H3. The zero-order valence-electron chi connectivity index (χ0n) is 9.05. The lowest BCUT2D eigenvalue weighted by molar-refractivity contribution is 0.0637. The molecule has 2 rings (SSSR count). The molecule has 2 aliphatic heterocycles. The second-order valence-corrected chi connectivity index (χ2v) is 5.14. The van der Waals surface area contributed by atoms with Crippen LogP contribution in [0.2, 0.25) is 0 Å². The lowest BCUT2D eigenvalue weighted by Gasteiger charge is -2.46. The van der Waals surface area contributed by atoms with E-state index >= 15 is 0 Å². The topological polar surface area (TPSA) is 6.48 Å². The second kappa shape index (κ2) is 3.62. The van der Waals surface area contributed by atoms with Gasteiger partial charge in [0.2, 0.25) is 0 Å². The maximum atomic E-state index is 2.52. The number of likely N-dealkylation sites (tertiary alicyclic amines) is 1. The number of hydrogen-bond donors (Lipinski definition) is 0. The average molecular weight is 180 g/mol. The summed E-state index contributed by atoms with van der Waals surface area (Å²) in [6.45, 7) is 5.29. The molecule has 0 atom stereocenters. The van der Waals surface area contributed by atoms with E-state index in [1.165, 1.54) is 51.9 Å². The quantitative estimate of drug-likeness (QED) is 0.496. The molecule has 0 aliphatic carbocycles. The molecule has 0 radical (unpaired) electrons. The number of piperidine rings is 2. The minimum atomic E-state index is 0.694. The summed E-state index contributed by atoms with van der Waals surface area (Å²) in [6, 6.07) is 0. The van der Waals surface area contributed by atoms with Crippen molar-refractivity contribution in [2.75, 3.05) is 33.2 Å². The molecule has 0 unspecified atom stereocenters. The summed E-state index contributed by atoms with van der Waals surface area (Å²) in [5, 5.41) is 0. The van der Waals surface area contributed by atoms with Crippen LogP contribution in [0, 0.1) is 5.41 Å². The van der Waals surface area contributed by atoms with Crippen molar-refractivity contribution < 1.29 is 0 Å². The highest BCUT2D eigenvalue weighted by atomic mass is 15.1. The fourth-order valence-corrected chi connectivity index (χ4v) is 2.96. The van der Waals surface area contributed by atoms with Gasteiger partial charge in [-0.1, -0.05) is 0 Å². The van der Waals surface area contributed by atoms with Crippen LogP contribution in [0.4, 0.5) is 0 Å². The van der Waals surface area contributed by atoms with E-state index in [1.54, 1.807) is 0 Å². The molecule has 2 saturated heterocycles. The SMILES string of the molecule is BN1CCCC2(CCN(C)CC2)C1. The molecule has 0 aromatic rings. The molecular weight excluding hydrogens is 159 g/mol. The van der Waals surface area contributed by atoms with E-state index in [-0.39, 0.29) is 0 Å². The third-order valence-corrected chi connectivity index (χ3v) is 3.90. The molecule has 74 valence electrons. The van der Waals surface area contributed by atoms with Gasteiger partial charge in [-0.05, 0) is 64.3 Å². The zero-order valence-corrected chi connectivity index (χ0v) is 9.05. The van der Waals surface area contributed by atoms with Crippen molar-refractivity contribution in [2.24, 2.45) is 5.41 Å². The van der Waals surface area contributed by atoms with Gasteiger partial charge in [0.25, 0.3) is 0 Å². The van der Waals surface area contributed by atoms with Gasteiger partial charge in [0.1, 0.15) is 0 Å². The minimum absolute atomic E-state index is 0.694. The van der Waals surface area contributed by atoms with E-state index in [9.17, 15) is 0 Å². The van der Waals surface area contributed by atoms with Crippen molar-refractivity contribution in [2.45, 2.75) is 25.7 Å². The third-order valence-electron chi connectivity index (χ3n) is 3.90. The molecular formula is C10H21BN2. The van der Waals surface area contributed by atoms with Crippen LogP contribution >= 0.6 is 0 Å². The fraction of sp³-hybridized carbons (Fsp3) is 1.00. The van der Waals surface area contributed by atoms with Crippen LogP contribution in [0.15, 0.2) is 0 Å². The summed E-state index contributed by atoms with van der Waals surface area (Å²) in [4.78, 5) is 4.99. The maximum absolute atomic E-state index is 2.52. The van der Waals surface area contributed by atoms with Crippen LogP contribution in [0.3, 0.4) is 0 Å². The molecule has 2 heterocycles. The smallest absolute Gasteiger partial charge is 0.185 e. The summed E-state index contributed by atoms with van der Waals surface area (Å²) in [6.07, 6.45) is 5.74. The molecule has 0 bridgehead atoms. The highest BCUT2D eigenvalue weighted by Gasteiger charge is 2.36. The first kappa shape index (κ1) is 9.54. The first-order valence-electron chi connectivity index (χ1n) is 5.57. The molecule has 2 fully saturated rings. The van der Waals surface area contributed by atoms with E-state index in [0.29, 0.717) is 5.41 Å². The first-order valence-corrected chi connectivity index (χ1v) is 5.57. The van der Waals surface area contributed by atoms with E-state index in [4.69, 9.17) is 0 Å². The average Bonchev–Trinajstić information content (AvgIpc) is 2.11. The van der Waals surface area contributed by atoms with Crippen LogP contribution in [0.5, 0.6) is 0 Å². The van der Waals surface area contributed by atoms with Gasteiger partial charge in [0.05, 0.1) is 0 Å². The van der Waals surface area contributed by atoms with E-state index in [0.717, 1.165) is 0 Å². The van der Waals surface area contributed by atoms with Crippen LogP contribution in [-0.4, -0.2) is 50.9 Å². The van der Waals surface area contributed by atoms with Crippen molar-refractivity contribution in [3.05, 3.63) is 0 Å². The molecule has 0 aromatic carbocycles. The molecule has 3 heteroatoms. The Morgan fingerprint density at radius 2 is 1.77 bits per heavy atom. The Morgan fingerprint density at radius 3 is 2.38 bits per heavy atom. The van der Waals surface area contributed by atoms with Gasteiger partial charge in [0.15, 0.2) is 7.98 Å². The first-order chi connectivity index (χ1) is 6.20. The van der Waals surface area contributed by atoms with E-state index < -0.39 is 0 Å². The van der Waals surface area contributed by atoms with Crippen molar-refractivity contribution in [1.29, 1.82) is 0 Å². The van der Waals surface area contributed by atoms with Crippen LogP contribution in [-0.2, 0) is 0 Å². The van der Waals surface area contributed by atoms with Crippen LogP contribution in [0.1, 0.15) is 25.7 Å². The van der Waals surface area contributed by atoms with Crippen molar-refractivity contribution >= 4 is 7.98 Å². The Bertz CT molecular complexity index is 176. The predicted molar refractivity (Wildman–Crippen MR) is 58.5 cm³/mol. The van der Waals surface area contributed by atoms with Crippen LogP contribution < -0.4 is 0 Å². The fourth-order valence-electron chi connectivity index (χ4n) is 2.96. The summed E-state index contributed by atoms with van der Waals surface area (Å²) in [7, 11) is 4.53. The minimum Gasteiger partial charge on any atom is -0.348 e. The summed E-state index contributed by atoms with van der Waals surface area (Å²) < 4.78 is 0. The largest absolute Gasteiger partial charge is 0.348 e. The molecule has 0 N–H and O–H groups in total. The summed E-state index contributed by atoms with van der Waals surface area (Å²) >= 11 is 0. The maximum Gasteiger partial charge on any atom is 0.185 e. The lowest BCUT2D eigenvalue weighted by atomic mass is 9.72. The Balaban J connectivity index is 1.95. The van der Waals surface area contributed by atoms with Crippen molar-refractivity contribution in [3.63, 3.8) is 0 Å². The van der Waals surface area contributed by atoms with Crippen LogP contribution in [0.25, 0.3) is 0 Å². The molecule has 13 heavy (non-hydrogen) atoms. The summed E-state index contributed by atoms with van der Waals surface area (Å²) in [5.41, 5.74) is 0.694. The molecule has 2 nitrogen and oxygen atoms in total. The number of rotatable bonds is 0. The number of hydrogen-bond acceptors (Lipinski definition) is 2. The van der Waals surface area contributed by atoms with Gasteiger partial charge < -0.3 is 9.71 Å². The van der Waals surface area contributed by atoms with Gasteiger partial charge in [-0.3, -0.25) is 0 Å². The van der Waals surface area contributed by atoms with Gasteiger partial charge in [0, 0.05) is 0 Å². The highest BCUT2D eigenvalue weighted by Crippen LogP contribution is 2.38. The summed E-state index contributed by atoms with van der Waals surface area (Å²) in [5.74, 6) is 0. The van der Waals surface area contributed by atoms with Gasteiger partial charge in [-0.2, -0.15) is 0 Å². The molecule has 0 saturated carbocycles. The molecule has 0 amide bonds. The van der Waals surface area contributed by atoms with E-state index in [1.807, 2.05) is 0 Å². The normalized spacial score (nSPS) is 30.8. The van der Waals surface area contributed by atoms with Gasteiger partial charge in [-0.15, -0.1) is 0 Å². The zero-order chi connectivity index (χ0) is 9.31. The monoisotopic (exact) mass is 180 g/mol. The Kier molecular flexibility index (Phi) is 2.66. The lowest BCUT2D eigenvalue weighted by Crippen LogP contribution is -2.48. The Labute approximate surface area is 82.7 Å². The molecule has 0 aromatic heterocycles. The van der Waals surface area contributed by atoms with Crippen molar-refractivity contribution in [1.82, 2.24) is 9.71 Å². The van der Waals surface area contributed by atoms with Gasteiger partial charge in [-0.25, -0.2) is 0 Å². The molecule has 1 spiro atoms. The van der Waals surface area contributed by atoms with Crippen molar-refractivity contribution in [3.8, 4) is 0 Å². The second-order valence-electron chi connectivity index (χ2n) is 5.14. The predicted octanol–water partition coefficient (Wildman–Crippen LogP) is 0.342. The number of nitrogens with zero attached hydrogens (tertiary/aromatic N) is 2. The van der Waals surface area contributed by atoms with E-state index in [2.05, 4.69) is 24.7 Å². The third kappa shape index (κ3) is 2.08.